The first-order valence-corrected chi connectivity index (χ1v) is 13.2. The number of piperazine rings is 1. The van der Waals surface area contributed by atoms with Crippen molar-refractivity contribution < 1.29 is 25.2 Å². The summed E-state index contributed by atoms with van der Waals surface area (Å²) < 4.78 is 75.9. The molecule has 1 aromatic carbocycles. The Morgan fingerprint density at radius 1 is 1.25 bits per heavy atom. The summed E-state index contributed by atoms with van der Waals surface area (Å²) >= 11 is 0.923. The Bertz CT molecular complexity index is 1790. The summed E-state index contributed by atoms with van der Waals surface area (Å²) in [4.78, 5) is 20.4. The van der Waals surface area contributed by atoms with E-state index >= 15 is 4.39 Å². The molecule has 4 aromatic rings. The van der Waals surface area contributed by atoms with Crippen LogP contribution in [0.5, 0.6) is 0 Å². The van der Waals surface area contributed by atoms with Gasteiger partial charge in [0.15, 0.2) is 10.9 Å². The number of ether oxygens (including phenoxy) is 1. The van der Waals surface area contributed by atoms with Gasteiger partial charge in [-0.15, -0.1) is 0 Å². The fourth-order valence-electron chi connectivity index (χ4n) is 4.33. The molecule has 1 N–H and O–H groups in total. The number of aromatic nitrogens is 3. The van der Waals surface area contributed by atoms with Crippen molar-refractivity contribution in [2.75, 3.05) is 36.4 Å². The van der Waals surface area contributed by atoms with E-state index in [1.54, 1.807) is 25.7 Å². The summed E-state index contributed by atoms with van der Waals surface area (Å²) in [6.07, 6.45) is -2.41. The van der Waals surface area contributed by atoms with Gasteiger partial charge in [-0.25, -0.2) is 23.1 Å². The predicted molar refractivity (Wildman–Crippen MR) is 150 cm³/mol. The molecule has 1 aliphatic rings. The van der Waals surface area contributed by atoms with Crippen LogP contribution in [0.3, 0.4) is 0 Å². The smallest absolute Gasteiger partial charge is 0.410 e. The average Bonchev–Trinajstić information content (AvgIpc) is 3.53. The third-order valence-electron chi connectivity index (χ3n) is 6.17. The number of pyridine rings is 1. The molecule has 0 spiro atoms. The highest BCUT2D eigenvalue weighted by Crippen LogP contribution is 2.36. The lowest BCUT2D eigenvalue weighted by Crippen LogP contribution is -2.50. The molecular weight excluding hydrogens is 536 g/mol. The highest BCUT2D eigenvalue weighted by Gasteiger charge is 2.28. The molecule has 0 aliphatic carbocycles. The third kappa shape index (κ3) is 5.56. The summed E-state index contributed by atoms with van der Waals surface area (Å²) in [7, 11) is 0. The third-order valence-corrected chi connectivity index (χ3v) is 7.05. The number of halogens is 2. The second-order valence-electron chi connectivity index (χ2n) is 10.1. The number of nitrogens with zero attached hydrogens (tertiary/aromatic N) is 6. The van der Waals surface area contributed by atoms with Crippen molar-refractivity contribution in [1.82, 2.24) is 19.5 Å². The van der Waals surface area contributed by atoms with E-state index < -0.39 is 42.2 Å². The van der Waals surface area contributed by atoms with Crippen molar-refractivity contribution in [2.45, 2.75) is 39.6 Å². The molecule has 1 aliphatic heterocycles. The molecular formula is C28H29F2N7O2S. The van der Waals surface area contributed by atoms with Crippen LogP contribution in [0.25, 0.3) is 16.8 Å². The maximum atomic E-state index is 15.5. The van der Waals surface area contributed by atoms with E-state index in [1.165, 1.54) is 35.2 Å². The van der Waals surface area contributed by atoms with E-state index in [1.807, 2.05) is 6.07 Å². The minimum absolute atomic E-state index is 0.0753. The summed E-state index contributed by atoms with van der Waals surface area (Å²) in [6.45, 7) is 3.22. The first-order valence-electron chi connectivity index (χ1n) is 14.9. The Balaban J connectivity index is 1.54. The normalized spacial score (nSPS) is 16.4. The van der Waals surface area contributed by atoms with Crippen LogP contribution in [0.15, 0.2) is 36.5 Å². The Labute approximate surface area is 241 Å². The molecule has 4 heterocycles. The zero-order valence-corrected chi connectivity index (χ0v) is 22.8. The van der Waals surface area contributed by atoms with Gasteiger partial charge in [-0.1, -0.05) is 18.2 Å². The summed E-state index contributed by atoms with van der Waals surface area (Å²) in [5.74, 6) is -1.16. The Kier molecular flexibility index (Phi) is 5.79. The number of thiazole rings is 1. The number of nitriles is 1. The Hall–Kier alpha value is -4.24. The first kappa shape index (κ1) is 21.6. The lowest BCUT2D eigenvalue weighted by Gasteiger charge is -2.36. The molecule has 0 saturated carbocycles. The number of aryl methyl sites for hydroxylation is 1. The maximum absolute atomic E-state index is 15.5. The van der Waals surface area contributed by atoms with Gasteiger partial charge < -0.3 is 19.9 Å². The van der Waals surface area contributed by atoms with Gasteiger partial charge in [-0.05, 0) is 57.5 Å². The molecule has 0 radical (unpaired) electrons. The molecule has 40 heavy (non-hydrogen) atoms. The van der Waals surface area contributed by atoms with Crippen LogP contribution in [0.1, 0.15) is 45.0 Å². The van der Waals surface area contributed by atoms with E-state index in [0.717, 1.165) is 22.0 Å². The zero-order valence-electron chi connectivity index (χ0n) is 27.0. The minimum Gasteiger partial charge on any atom is -0.444 e. The van der Waals surface area contributed by atoms with Crippen molar-refractivity contribution in [2.24, 2.45) is 0 Å². The number of benzene rings is 1. The van der Waals surface area contributed by atoms with Crippen molar-refractivity contribution in [3.8, 4) is 17.3 Å². The summed E-state index contributed by atoms with van der Waals surface area (Å²) in [6, 6.07) is 8.83. The second kappa shape index (κ2) is 10.7. The quantitative estimate of drug-likeness (QED) is 0.316. The van der Waals surface area contributed by atoms with Gasteiger partial charge in [0.05, 0.1) is 28.8 Å². The summed E-state index contributed by atoms with van der Waals surface area (Å²) in [5.41, 5.74) is -0.249. The number of fused-ring (bicyclic) bond motifs is 1. The largest absolute Gasteiger partial charge is 0.444 e. The van der Waals surface area contributed by atoms with Crippen LogP contribution in [0.4, 0.5) is 30.1 Å². The molecule has 9 nitrogen and oxygen atoms in total. The summed E-state index contributed by atoms with van der Waals surface area (Å²) in [5, 5.41) is 16.9. The van der Waals surface area contributed by atoms with Crippen LogP contribution in [0.2, 0.25) is 0 Å². The Morgan fingerprint density at radius 3 is 2.62 bits per heavy atom. The molecule has 1 saturated heterocycles. The highest BCUT2D eigenvalue weighted by molar-refractivity contribution is 7.16. The van der Waals surface area contributed by atoms with Gasteiger partial charge in [-0.2, -0.15) is 10.4 Å². The van der Waals surface area contributed by atoms with Crippen molar-refractivity contribution in [1.29, 1.82) is 5.26 Å². The highest BCUT2D eigenvalue weighted by atomic mass is 32.1. The van der Waals surface area contributed by atoms with Crippen LogP contribution in [0, 0.1) is 23.0 Å². The first-order chi connectivity index (χ1) is 21.0. The maximum Gasteiger partial charge on any atom is 0.410 e. The van der Waals surface area contributed by atoms with Crippen LogP contribution in [-0.4, -0.2) is 57.4 Å². The zero-order chi connectivity index (χ0) is 32.9. The number of carbonyl (C=O) groups excluding carboxylic acids is 1. The van der Waals surface area contributed by atoms with Crippen molar-refractivity contribution in [3.05, 3.63) is 58.7 Å². The molecule has 208 valence electrons. The molecule has 5 rings (SSSR count). The van der Waals surface area contributed by atoms with Crippen LogP contribution >= 0.6 is 11.3 Å². The van der Waals surface area contributed by atoms with Gasteiger partial charge in [0.25, 0.3) is 0 Å². The van der Waals surface area contributed by atoms with Crippen LogP contribution < -0.4 is 10.2 Å². The molecule has 0 atom stereocenters. The van der Waals surface area contributed by atoms with Crippen molar-refractivity contribution >= 4 is 39.5 Å². The SMILES string of the molecule is [2H]C([2H])([2H])C([2H])([2H])c1nn2cc(F)c(N3CCN(C(=O)OC(C)(C)C)CC3)cc2c1Nc1nc(-c2ccc(F)cc2)c(C#N)s1. The number of anilines is 3. The van der Waals surface area contributed by atoms with E-state index in [2.05, 4.69) is 15.4 Å². The van der Waals surface area contributed by atoms with Crippen LogP contribution in [-0.2, 0) is 11.1 Å². The average molecular weight is 571 g/mol. The van der Waals surface area contributed by atoms with Gasteiger partial charge in [-0.3, -0.25) is 0 Å². The van der Waals surface area contributed by atoms with E-state index in [-0.39, 0.29) is 58.8 Å². The van der Waals surface area contributed by atoms with E-state index in [4.69, 9.17) is 11.6 Å². The number of hydrogen-bond acceptors (Lipinski definition) is 8. The number of nitrogens with one attached hydrogen (secondary N) is 1. The van der Waals surface area contributed by atoms with E-state index in [0.29, 0.717) is 5.56 Å². The Morgan fingerprint density at radius 2 is 1.98 bits per heavy atom. The molecule has 1 fully saturated rings. The van der Waals surface area contributed by atoms with Gasteiger partial charge in [0, 0.05) is 38.6 Å². The lowest BCUT2D eigenvalue weighted by atomic mass is 10.1. The molecule has 0 unspecified atom stereocenters. The van der Waals surface area contributed by atoms with Gasteiger partial charge >= 0.3 is 6.09 Å². The number of hydrogen-bond donors (Lipinski definition) is 1. The standard InChI is InChI=1S/C28H29F2N7O2S/c1-5-20-25(33-26-32-24(23(15-31)40-26)17-6-8-18(29)9-7-17)22-14-21(19(30)16-37(22)34-20)35-10-12-36(13-11-35)27(38)39-28(2,3)4/h6-9,14,16H,5,10-13H2,1-4H3,(H,32,33)/i1D3,5D2. The molecule has 3 aromatic heterocycles. The predicted octanol–water partition coefficient (Wildman–Crippen LogP) is 5.97. The number of carbonyl (C=O) groups is 1. The number of rotatable bonds is 5. The fourth-order valence-corrected chi connectivity index (χ4v) is 5.11. The topological polar surface area (TPSA) is 98.8 Å². The van der Waals surface area contributed by atoms with E-state index in [9.17, 15) is 14.4 Å². The molecule has 0 bridgehead atoms. The van der Waals surface area contributed by atoms with Gasteiger partial charge in [0.2, 0.25) is 0 Å². The molecule has 1 amide bonds. The fraction of sp³-hybridized carbons (Fsp3) is 0.357. The lowest BCUT2D eigenvalue weighted by molar-refractivity contribution is 0.0240. The van der Waals surface area contributed by atoms with Crippen molar-refractivity contribution in [3.63, 3.8) is 0 Å². The van der Waals surface area contributed by atoms with Gasteiger partial charge in [0.1, 0.15) is 28.1 Å². The molecule has 12 heteroatoms. The minimum atomic E-state index is -3.14. The monoisotopic (exact) mass is 570 g/mol. The second-order valence-corrected chi connectivity index (χ2v) is 11.1. The number of amides is 1.